The third-order valence-corrected chi connectivity index (χ3v) is 5.27. The molecule has 1 N–H and O–H groups in total. The van der Waals surface area contributed by atoms with Gasteiger partial charge in [-0.25, -0.2) is 0 Å². The van der Waals surface area contributed by atoms with Crippen molar-refractivity contribution in [3.63, 3.8) is 0 Å². The summed E-state index contributed by atoms with van der Waals surface area (Å²) in [5.74, 6) is -0.156. The Kier molecular flexibility index (Phi) is 6.13. The van der Waals surface area contributed by atoms with E-state index in [1.165, 1.54) is 0 Å². The number of fused-ring (bicyclic) bond motifs is 1. The van der Waals surface area contributed by atoms with Gasteiger partial charge in [0, 0.05) is 35.1 Å². The molecular formula is C24H19N5O5. The maximum Gasteiger partial charge on any atom is 0.303 e. The van der Waals surface area contributed by atoms with Crippen molar-refractivity contribution in [3.05, 3.63) is 99.1 Å². The number of nitro benzene ring substituents is 2. The Bertz CT molecular complexity index is 1420. The van der Waals surface area contributed by atoms with Crippen LogP contribution in [0.25, 0.3) is 10.8 Å². The van der Waals surface area contributed by atoms with Crippen molar-refractivity contribution in [2.75, 3.05) is 11.4 Å². The molecular weight excluding hydrogens is 438 g/mol. The van der Waals surface area contributed by atoms with Crippen LogP contribution in [0.3, 0.4) is 0 Å². The van der Waals surface area contributed by atoms with Crippen molar-refractivity contribution < 1.29 is 15.0 Å². The molecule has 4 rings (SSSR count). The molecule has 170 valence electrons. The van der Waals surface area contributed by atoms with E-state index in [1.807, 2.05) is 54.3 Å². The number of aromatic hydroxyl groups is 1. The van der Waals surface area contributed by atoms with Crippen molar-refractivity contribution in [2.45, 2.75) is 6.92 Å². The number of para-hydroxylation sites is 1. The number of hydrogen-bond donors (Lipinski definition) is 1. The first-order valence-electron chi connectivity index (χ1n) is 10.3. The molecule has 0 spiro atoms. The summed E-state index contributed by atoms with van der Waals surface area (Å²) in [6.45, 7) is 2.64. The van der Waals surface area contributed by atoms with Crippen molar-refractivity contribution in [1.29, 1.82) is 0 Å². The summed E-state index contributed by atoms with van der Waals surface area (Å²) >= 11 is 0. The predicted octanol–water partition coefficient (Wildman–Crippen LogP) is 6.94. The van der Waals surface area contributed by atoms with Crippen LogP contribution in [0.4, 0.5) is 34.1 Å². The molecule has 0 saturated carbocycles. The third kappa shape index (κ3) is 4.24. The molecule has 4 aromatic carbocycles. The van der Waals surface area contributed by atoms with Crippen LogP contribution in [0.2, 0.25) is 0 Å². The van der Waals surface area contributed by atoms with Crippen molar-refractivity contribution in [3.8, 4) is 5.75 Å². The molecule has 0 atom stereocenters. The molecule has 0 aliphatic rings. The van der Waals surface area contributed by atoms with Crippen molar-refractivity contribution >= 4 is 44.9 Å². The fraction of sp³-hybridized carbons (Fsp3) is 0.0833. The smallest absolute Gasteiger partial charge is 0.303 e. The first kappa shape index (κ1) is 22.3. The SMILES string of the molecule is CCN(c1ccccc1)c1cc(O)c(N=Nc2ccc([N+](=O)[O-])cc2[N+](=O)[O-])c2ccccc12. The Hall–Kier alpha value is -4.86. The summed E-state index contributed by atoms with van der Waals surface area (Å²) in [4.78, 5) is 22.9. The number of benzene rings is 4. The highest BCUT2D eigenvalue weighted by Crippen LogP contribution is 2.44. The molecule has 0 aromatic heterocycles. The van der Waals surface area contributed by atoms with Gasteiger partial charge >= 0.3 is 5.69 Å². The number of phenolic OH excluding ortho intramolecular Hbond substituents is 1. The predicted molar refractivity (Wildman–Crippen MR) is 129 cm³/mol. The minimum absolute atomic E-state index is 0.135. The van der Waals surface area contributed by atoms with E-state index >= 15 is 0 Å². The fourth-order valence-electron chi connectivity index (χ4n) is 3.71. The molecule has 0 aliphatic carbocycles. The molecule has 0 saturated heterocycles. The van der Waals surface area contributed by atoms with Crippen molar-refractivity contribution in [2.24, 2.45) is 10.2 Å². The molecule has 4 aromatic rings. The van der Waals surface area contributed by atoms with Crippen LogP contribution in [0.15, 0.2) is 89.1 Å². The number of rotatable bonds is 7. The van der Waals surface area contributed by atoms with Crippen molar-refractivity contribution in [1.82, 2.24) is 0 Å². The van der Waals surface area contributed by atoms with E-state index in [-0.39, 0.29) is 17.1 Å². The molecule has 0 heterocycles. The lowest BCUT2D eigenvalue weighted by molar-refractivity contribution is -0.393. The number of nitrogens with zero attached hydrogens (tertiary/aromatic N) is 5. The lowest BCUT2D eigenvalue weighted by atomic mass is 10.0. The number of nitro groups is 2. The highest BCUT2D eigenvalue weighted by atomic mass is 16.6. The van der Waals surface area contributed by atoms with E-state index in [1.54, 1.807) is 18.2 Å². The number of non-ortho nitro benzene ring substituents is 1. The maximum absolute atomic E-state index is 11.4. The van der Waals surface area contributed by atoms with Gasteiger partial charge < -0.3 is 10.0 Å². The zero-order valence-corrected chi connectivity index (χ0v) is 18.0. The maximum atomic E-state index is 11.4. The molecule has 0 unspecified atom stereocenters. The topological polar surface area (TPSA) is 134 Å². The second kappa shape index (κ2) is 9.33. The number of anilines is 2. The number of hydrogen-bond acceptors (Lipinski definition) is 8. The Morgan fingerprint density at radius 1 is 0.853 bits per heavy atom. The average Bonchev–Trinajstić information content (AvgIpc) is 2.84. The summed E-state index contributed by atoms with van der Waals surface area (Å²) in [5, 5.41) is 42.7. The summed E-state index contributed by atoms with van der Waals surface area (Å²) in [6.07, 6.45) is 0. The van der Waals surface area contributed by atoms with E-state index in [2.05, 4.69) is 10.2 Å². The van der Waals surface area contributed by atoms with E-state index in [4.69, 9.17) is 0 Å². The van der Waals surface area contributed by atoms with Gasteiger partial charge in [0.25, 0.3) is 5.69 Å². The van der Waals surface area contributed by atoms with E-state index in [0.717, 1.165) is 35.0 Å². The third-order valence-electron chi connectivity index (χ3n) is 5.27. The van der Waals surface area contributed by atoms with Gasteiger partial charge in [-0.3, -0.25) is 20.2 Å². The number of phenols is 1. The lowest BCUT2D eigenvalue weighted by Crippen LogP contribution is -2.16. The summed E-state index contributed by atoms with van der Waals surface area (Å²) in [5.41, 5.74) is 0.703. The van der Waals surface area contributed by atoms with E-state index in [0.29, 0.717) is 11.9 Å². The second-order valence-electron chi connectivity index (χ2n) is 7.28. The summed E-state index contributed by atoms with van der Waals surface area (Å²) < 4.78 is 0. The minimum atomic E-state index is -0.762. The monoisotopic (exact) mass is 457 g/mol. The van der Waals surface area contributed by atoms with Crippen LogP contribution < -0.4 is 4.90 Å². The van der Waals surface area contributed by atoms with Gasteiger partial charge in [-0.15, -0.1) is 10.2 Å². The Morgan fingerprint density at radius 2 is 1.53 bits per heavy atom. The molecule has 0 amide bonds. The van der Waals surface area contributed by atoms with Crippen LogP contribution in [-0.4, -0.2) is 21.5 Å². The molecule has 0 aliphatic heterocycles. The van der Waals surface area contributed by atoms with Crippen LogP contribution in [0.1, 0.15) is 6.92 Å². The normalized spacial score (nSPS) is 11.1. The van der Waals surface area contributed by atoms with Gasteiger partial charge in [0.2, 0.25) is 0 Å². The molecule has 10 heteroatoms. The lowest BCUT2D eigenvalue weighted by Gasteiger charge is -2.25. The highest BCUT2D eigenvalue weighted by Gasteiger charge is 2.20. The minimum Gasteiger partial charge on any atom is -0.506 e. The molecule has 0 bridgehead atoms. The van der Waals surface area contributed by atoms with Gasteiger partial charge in [0.05, 0.1) is 21.6 Å². The van der Waals surface area contributed by atoms with Gasteiger partial charge in [0.15, 0.2) is 5.69 Å². The van der Waals surface area contributed by atoms with Gasteiger partial charge in [-0.05, 0) is 25.1 Å². The second-order valence-corrected chi connectivity index (χ2v) is 7.28. The highest BCUT2D eigenvalue weighted by molar-refractivity contribution is 6.04. The Labute approximate surface area is 193 Å². The summed E-state index contributed by atoms with van der Waals surface area (Å²) in [6, 6.07) is 21.7. The largest absolute Gasteiger partial charge is 0.506 e. The standard InChI is InChI=1S/C24H19N5O5/c1-2-27(16-8-4-3-5-9-16)21-15-23(30)24(19-11-7-6-10-18(19)21)26-25-20-13-12-17(28(31)32)14-22(20)29(33)34/h3-15,30H,2H2,1H3. The molecule has 10 nitrogen and oxygen atoms in total. The zero-order valence-electron chi connectivity index (χ0n) is 18.0. The molecule has 0 radical (unpaired) electrons. The van der Waals surface area contributed by atoms with Gasteiger partial charge in [-0.2, -0.15) is 0 Å². The van der Waals surface area contributed by atoms with E-state index in [9.17, 15) is 25.3 Å². The Balaban J connectivity index is 1.84. The quantitative estimate of drug-likeness (QED) is 0.181. The van der Waals surface area contributed by atoms with Gasteiger partial charge in [0.1, 0.15) is 11.4 Å². The average molecular weight is 457 g/mol. The molecule has 34 heavy (non-hydrogen) atoms. The van der Waals surface area contributed by atoms with E-state index < -0.39 is 21.2 Å². The van der Waals surface area contributed by atoms with Crippen LogP contribution in [-0.2, 0) is 0 Å². The van der Waals surface area contributed by atoms with Gasteiger partial charge in [-0.1, -0.05) is 42.5 Å². The summed E-state index contributed by atoms with van der Waals surface area (Å²) in [7, 11) is 0. The first-order chi connectivity index (χ1) is 16.4. The Morgan fingerprint density at radius 3 is 2.18 bits per heavy atom. The fourth-order valence-corrected chi connectivity index (χ4v) is 3.71. The van der Waals surface area contributed by atoms with Crippen LogP contribution >= 0.6 is 0 Å². The van der Waals surface area contributed by atoms with Crippen LogP contribution in [0, 0.1) is 20.2 Å². The van der Waals surface area contributed by atoms with Crippen LogP contribution in [0.5, 0.6) is 5.75 Å². The molecule has 0 fully saturated rings. The first-order valence-corrected chi connectivity index (χ1v) is 10.3. The zero-order chi connectivity index (χ0) is 24.2. The number of azo groups is 1.